The van der Waals surface area contributed by atoms with Crippen molar-refractivity contribution in [2.24, 2.45) is 0 Å². The molecular formula is C8H10S8. The molecule has 0 aromatic rings. The van der Waals surface area contributed by atoms with Gasteiger partial charge < -0.3 is 0 Å². The van der Waals surface area contributed by atoms with E-state index in [0.717, 1.165) is 0 Å². The first kappa shape index (κ1) is 14.7. The third kappa shape index (κ3) is 4.43. The molecule has 2 aliphatic heterocycles. The normalized spacial score (nSPS) is 22.9. The van der Waals surface area contributed by atoms with E-state index in [-0.39, 0.29) is 0 Å². The van der Waals surface area contributed by atoms with Crippen molar-refractivity contribution in [3.63, 3.8) is 0 Å². The molecule has 2 rings (SSSR count). The van der Waals surface area contributed by atoms with Gasteiger partial charge in [0.15, 0.2) is 0 Å². The van der Waals surface area contributed by atoms with Gasteiger partial charge in [-0.2, -0.15) is 0 Å². The van der Waals surface area contributed by atoms with Gasteiger partial charge in [-0.25, -0.2) is 0 Å². The van der Waals surface area contributed by atoms with Crippen LogP contribution in [0.25, 0.3) is 0 Å². The van der Waals surface area contributed by atoms with Crippen molar-refractivity contribution in [1.29, 1.82) is 0 Å². The molecule has 2 aliphatic rings. The topological polar surface area (TPSA) is 0 Å². The Labute approximate surface area is 132 Å². The number of rotatable bonds is 3. The van der Waals surface area contributed by atoms with Crippen molar-refractivity contribution in [2.75, 3.05) is 23.0 Å². The van der Waals surface area contributed by atoms with Gasteiger partial charge in [-0.3, -0.25) is 0 Å². The van der Waals surface area contributed by atoms with Crippen molar-refractivity contribution in [1.82, 2.24) is 0 Å². The monoisotopic (exact) mass is 362 g/mol. The lowest BCUT2D eigenvalue weighted by Crippen LogP contribution is -1.92. The number of thioether (sulfide) groups is 4. The maximum Gasteiger partial charge on any atom is 0.0712 e. The Morgan fingerprint density at radius 2 is 1.06 bits per heavy atom. The van der Waals surface area contributed by atoms with Crippen LogP contribution in [-0.4, -0.2) is 23.0 Å². The molecule has 0 aromatic heterocycles. The van der Waals surface area contributed by atoms with E-state index in [1.165, 1.54) is 40.0 Å². The van der Waals surface area contributed by atoms with Gasteiger partial charge in [-0.1, -0.05) is 0 Å². The maximum absolute atomic E-state index is 4.52. The number of thiol groups is 2. The summed E-state index contributed by atoms with van der Waals surface area (Å²) in [5.74, 6) is 4.77. The third-order valence-electron chi connectivity index (χ3n) is 1.65. The second-order valence-electron chi connectivity index (χ2n) is 2.75. The highest BCUT2D eigenvalue weighted by molar-refractivity contribution is 8.83. The predicted molar refractivity (Wildman–Crippen MR) is 97.0 cm³/mol. The fraction of sp³-hybridized carbons (Fsp3) is 0.500. The lowest BCUT2D eigenvalue weighted by molar-refractivity contribution is 1.56. The largest absolute Gasteiger partial charge is 0.135 e. The van der Waals surface area contributed by atoms with Crippen molar-refractivity contribution >= 4 is 93.9 Å². The number of hydrogen-bond donors (Lipinski definition) is 2. The van der Waals surface area contributed by atoms with E-state index >= 15 is 0 Å². The van der Waals surface area contributed by atoms with Crippen molar-refractivity contribution in [3.8, 4) is 0 Å². The fourth-order valence-electron chi connectivity index (χ4n) is 0.982. The minimum atomic E-state index is 1.18. The summed E-state index contributed by atoms with van der Waals surface area (Å²) < 4.78 is 5.08. The first-order valence-corrected chi connectivity index (χ1v) is 11.5. The molecule has 16 heavy (non-hydrogen) atoms. The van der Waals surface area contributed by atoms with Crippen molar-refractivity contribution in [3.05, 3.63) is 16.9 Å². The maximum atomic E-state index is 4.52. The van der Waals surface area contributed by atoms with Crippen LogP contribution >= 0.6 is 93.9 Å². The summed E-state index contributed by atoms with van der Waals surface area (Å²) in [7, 11) is 3.67. The van der Waals surface area contributed by atoms with Gasteiger partial charge in [0.2, 0.25) is 0 Å². The predicted octanol–water partition coefficient (Wildman–Crippen LogP) is 5.44. The van der Waals surface area contributed by atoms with E-state index in [1.54, 1.807) is 0 Å². The molecule has 0 spiro atoms. The molecule has 0 saturated carbocycles. The van der Waals surface area contributed by atoms with Crippen LogP contribution in [0.2, 0.25) is 0 Å². The molecule has 0 saturated heterocycles. The first-order valence-electron chi connectivity index (χ1n) is 4.49. The average Bonchev–Trinajstić information content (AvgIpc) is 2.30. The van der Waals surface area contributed by atoms with E-state index in [9.17, 15) is 0 Å². The number of hydrogen-bond acceptors (Lipinski definition) is 8. The van der Waals surface area contributed by atoms with Crippen LogP contribution in [0, 0.1) is 0 Å². The molecule has 2 heterocycles. The summed E-state index contributed by atoms with van der Waals surface area (Å²) in [4.78, 5) is 0. The van der Waals surface area contributed by atoms with Crippen molar-refractivity contribution < 1.29 is 0 Å². The third-order valence-corrected chi connectivity index (χ3v) is 11.9. The smallest absolute Gasteiger partial charge is 0.0712 e. The van der Waals surface area contributed by atoms with Crippen LogP contribution in [0.4, 0.5) is 0 Å². The zero-order valence-corrected chi connectivity index (χ0v) is 14.9. The van der Waals surface area contributed by atoms with Gasteiger partial charge in [0.05, 0.1) is 16.9 Å². The molecular weight excluding hydrogens is 353 g/mol. The molecule has 8 heteroatoms. The van der Waals surface area contributed by atoms with Crippen LogP contribution in [0.5, 0.6) is 0 Å². The lowest BCUT2D eigenvalue weighted by Gasteiger charge is -2.17. The quantitative estimate of drug-likeness (QED) is 0.503. The van der Waals surface area contributed by atoms with Crippen LogP contribution in [0.15, 0.2) is 16.9 Å². The van der Waals surface area contributed by atoms with E-state index in [2.05, 4.69) is 25.3 Å². The molecule has 0 bridgehead atoms. The summed E-state index contributed by atoms with van der Waals surface area (Å²) in [6.07, 6.45) is 0. The zero-order chi connectivity index (χ0) is 11.4. The molecule has 0 amide bonds. The second kappa shape index (κ2) is 7.77. The van der Waals surface area contributed by atoms with E-state index < -0.39 is 0 Å². The molecule has 90 valence electrons. The summed E-state index contributed by atoms with van der Waals surface area (Å²) in [6, 6.07) is 0. The fourth-order valence-corrected chi connectivity index (χ4v) is 10.4. The molecule has 0 nitrogen and oxygen atoms in total. The van der Waals surface area contributed by atoms with E-state index in [1.807, 2.05) is 68.6 Å². The Bertz CT molecular complexity index is 288. The zero-order valence-electron chi connectivity index (χ0n) is 8.17. The Balaban J connectivity index is 1.91. The molecule has 0 aromatic carbocycles. The van der Waals surface area contributed by atoms with Crippen LogP contribution in [-0.2, 0) is 0 Å². The van der Waals surface area contributed by atoms with Crippen LogP contribution < -0.4 is 0 Å². The molecule has 0 fully saturated rings. The second-order valence-corrected chi connectivity index (χ2v) is 11.3. The Morgan fingerprint density at radius 1 is 0.688 bits per heavy atom. The summed E-state index contributed by atoms with van der Waals surface area (Å²) in [5, 5.41) is 0. The average molecular weight is 363 g/mol. The van der Waals surface area contributed by atoms with Gasteiger partial charge in [0.25, 0.3) is 0 Å². The van der Waals surface area contributed by atoms with Crippen molar-refractivity contribution in [2.45, 2.75) is 0 Å². The summed E-state index contributed by atoms with van der Waals surface area (Å²) in [6.45, 7) is 0. The molecule has 0 radical (unpaired) electrons. The first-order chi connectivity index (χ1) is 7.77. The van der Waals surface area contributed by atoms with E-state index in [4.69, 9.17) is 0 Å². The van der Waals surface area contributed by atoms with Gasteiger partial charge in [-0.05, 0) is 21.6 Å². The Morgan fingerprint density at radius 3 is 1.44 bits per heavy atom. The lowest BCUT2D eigenvalue weighted by atomic mass is 11.0. The SMILES string of the molecule is SC1=C(SSC2=C(S)SCCS2)SCCS1. The van der Waals surface area contributed by atoms with Gasteiger partial charge in [0.1, 0.15) is 0 Å². The Hall–Kier alpha value is 2.28. The van der Waals surface area contributed by atoms with E-state index in [0.29, 0.717) is 0 Å². The van der Waals surface area contributed by atoms with Gasteiger partial charge >= 0.3 is 0 Å². The standard InChI is InChI=1S/C8H10S8/c9-5-7(13-3-1-11-5)15-16-8-6(10)12-2-4-14-8/h9-10H,1-4H2. The molecule has 0 unspecified atom stereocenters. The highest BCUT2D eigenvalue weighted by atomic mass is 33.1. The molecule has 0 N–H and O–H groups in total. The van der Waals surface area contributed by atoms with Gasteiger partial charge in [-0.15, -0.1) is 72.3 Å². The highest BCUT2D eigenvalue weighted by Gasteiger charge is 2.16. The Kier molecular flexibility index (Phi) is 7.13. The highest BCUT2D eigenvalue weighted by Crippen LogP contribution is 2.54. The summed E-state index contributed by atoms with van der Waals surface area (Å²) in [5.41, 5.74) is 0. The summed E-state index contributed by atoms with van der Waals surface area (Å²) >= 11 is 16.6. The van der Waals surface area contributed by atoms with Gasteiger partial charge in [0, 0.05) is 23.0 Å². The van der Waals surface area contributed by atoms with Crippen LogP contribution in [0.1, 0.15) is 0 Å². The van der Waals surface area contributed by atoms with Crippen LogP contribution in [0.3, 0.4) is 0 Å². The minimum absolute atomic E-state index is 1.18. The molecule has 0 atom stereocenters. The minimum Gasteiger partial charge on any atom is -0.135 e. The molecule has 0 aliphatic carbocycles.